The van der Waals surface area contributed by atoms with E-state index in [1.807, 2.05) is 61.6 Å². The molecule has 0 aromatic heterocycles. The van der Waals surface area contributed by atoms with E-state index in [0.29, 0.717) is 13.0 Å². The van der Waals surface area contributed by atoms with Crippen LogP contribution in [0.25, 0.3) is 6.08 Å². The first-order valence-electron chi connectivity index (χ1n) is 8.63. The van der Waals surface area contributed by atoms with Crippen LogP contribution in [0.1, 0.15) is 17.5 Å². The highest BCUT2D eigenvalue weighted by Gasteiger charge is 2.27. The second-order valence-corrected chi connectivity index (χ2v) is 8.03. The Labute approximate surface area is 155 Å². The second kappa shape index (κ2) is 8.45. The second-order valence-electron chi connectivity index (χ2n) is 6.32. The quantitative estimate of drug-likeness (QED) is 0.757. The summed E-state index contributed by atoms with van der Waals surface area (Å²) in [6.45, 7) is 2.44. The van der Waals surface area contributed by atoms with Gasteiger partial charge in [0, 0.05) is 0 Å². The maximum Gasteiger partial charge on any atom is 0.240 e. The number of hydrogen-bond acceptors (Lipinski definition) is 3. The van der Waals surface area contributed by atoms with Crippen LogP contribution in [0.3, 0.4) is 0 Å². The first kappa shape index (κ1) is 18.6. The third kappa shape index (κ3) is 4.91. The Kier molecular flexibility index (Phi) is 6.04. The maximum absolute atomic E-state index is 12.7. The van der Waals surface area contributed by atoms with Gasteiger partial charge in [-0.1, -0.05) is 72.3 Å². The average Bonchev–Trinajstić information content (AvgIpc) is 3.17. The molecule has 136 valence electrons. The number of hydrogen-bond donors (Lipinski definition) is 1. The summed E-state index contributed by atoms with van der Waals surface area (Å²) in [4.78, 5) is 0.266. The van der Waals surface area contributed by atoms with Gasteiger partial charge in [-0.25, -0.2) is 13.1 Å². The SMILES string of the molecule is Cc1ccc(S(=O)(=O)N[C@@H](C/C=C/c2ccccc2)[C@@H]2C=CCO2)cc1. The van der Waals surface area contributed by atoms with Gasteiger partial charge in [0.15, 0.2) is 0 Å². The van der Waals surface area contributed by atoms with Gasteiger partial charge in [0.1, 0.15) is 0 Å². The number of rotatable bonds is 7. The summed E-state index contributed by atoms with van der Waals surface area (Å²) in [6, 6.07) is 16.4. The summed E-state index contributed by atoms with van der Waals surface area (Å²) >= 11 is 0. The van der Waals surface area contributed by atoms with Gasteiger partial charge in [-0.2, -0.15) is 0 Å². The molecular formula is C21H23NO3S. The summed E-state index contributed by atoms with van der Waals surface area (Å²) in [6.07, 6.45) is 8.07. The predicted molar refractivity (Wildman–Crippen MR) is 104 cm³/mol. The Morgan fingerprint density at radius 1 is 1.15 bits per heavy atom. The summed E-state index contributed by atoms with van der Waals surface area (Å²) in [5.74, 6) is 0. The molecule has 2 aromatic rings. The predicted octanol–water partition coefficient (Wildman–Crippen LogP) is 3.70. The van der Waals surface area contributed by atoms with Gasteiger partial charge in [-0.15, -0.1) is 0 Å². The number of nitrogens with one attached hydrogen (secondary N) is 1. The summed E-state index contributed by atoms with van der Waals surface area (Å²) < 4.78 is 33.9. The van der Waals surface area contributed by atoms with E-state index in [1.165, 1.54) is 0 Å². The average molecular weight is 369 g/mol. The molecule has 0 radical (unpaired) electrons. The van der Waals surface area contributed by atoms with Gasteiger partial charge >= 0.3 is 0 Å². The largest absolute Gasteiger partial charge is 0.368 e. The lowest BCUT2D eigenvalue weighted by Gasteiger charge is -2.22. The van der Waals surface area contributed by atoms with Crippen molar-refractivity contribution in [1.82, 2.24) is 4.72 Å². The van der Waals surface area contributed by atoms with Gasteiger partial charge in [-0.3, -0.25) is 0 Å². The zero-order valence-corrected chi connectivity index (χ0v) is 15.5. The first-order chi connectivity index (χ1) is 12.5. The standard InChI is InChI=1S/C21H23NO3S/c1-17-12-14-19(15-13-17)26(23,24)22-20(21-11-6-16-25-21)10-5-9-18-7-3-2-4-8-18/h2-9,11-15,20-22H,10,16H2,1H3/b9-5+/t20-,21-/m0/s1. The molecule has 1 aliphatic heterocycles. The molecule has 26 heavy (non-hydrogen) atoms. The van der Waals surface area contributed by atoms with Crippen molar-refractivity contribution in [3.63, 3.8) is 0 Å². The highest BCUT2D eigenvalue weighted by Crippen LogP contribution is 2.17. The number of ether oxygens (including phenoxy) is 1. The van der Waals surface area contributed by atoms with Gasteiger partial charge < -0.3 is 4.74 Å². The third-order valence-corrected chi connectivity index (χ3v) is 5.75. The highest BCUT2D eigenvalue weighted by atomic mass is 32.2. The monoisotopic (exact) mass is 369 g/mol. The van der Waals surface area contributed by atoms with Crippen LogP contribution in [0.15, 0.2) is 77.7 Å². The van der Waals surface area contributed by atoms with Crippen molar-refractivity contribution < 1.29 is 13.2 Å². The van der Waals surface area contributed by atoms with E-state index < -0.39 is 10.0 Å². The van der Waals surface area contributed by atoms with Gasteiger partial charge in [-0.05, 0) is 31.0 Å². The lowest BCUT2D eigenvalue weighted by atomic mass is 10.1. The molecule has 0 unspecified atom stereocenters. The molecule has 0 bridgehead atoms. The molecule has 0 saturated heterocycles. The fourth-order valence-electron chi connectivity index (χ4n) is 2.81. The van der Waals surface area contributed by atoms with Crippen LogP contribution in [0.4, 0.5) is 0 Å². The topological polar surface area (TPSA) is 55.4 Å². The van der Waals surface area contributed by atoms with Gasteiger partial charge in [0.2, 0.25) is 10.0 Å². The summed E-state index contributed by atoms with van der Waals surface area (Å²) in [5.41, 5.74) is 2.10. The van der Waals surface area contributed by atoms with E-state index in [9.17, 15) is 8.42 Å². The van der Waals surface area contributed by atoms with E-state index >= 15 is 0 Å². The number of benzene rings is 2. The van der Waals surface area contributed by atoms with Gasteiger partial charge in [0.25, 0.3) is 0 Å². The van der Waals surface area contributed by atoms with Crippen molar-refractivity contribution in [3.05, 3.63) is 84.0 Å². The van der Waals surface area contributed by atoms with Crippen LogP contribution in [0, 0.1) is 6.92 Å². The van der Waals surface area contributed by atoms with Gasteiger partial charge in [0.05, 0.1) is 23.6 Å². The molecular weight excluding hydrogens is 346 g/mol. The van der Waals surface area contributed by atoms with Crippen LogP contribution in [0.5, 0.6) is 0 Å². The zero-order valence-electron chi connectivity index (χ0n) is 14.7. The molecule has 5 heteroatoms. The normalized spacial score (nSPS) is 18.4. The van der Waals surface area contributed by atoms with Crippen LogP contribution in [-0.2, 0) is 14.8 Å². The van der Waals surface area contributed by atoms with Crippen molar-refractivity contribution in [2.45, 2.75) is 30.4 Å². The molecule has 1 aliphatic rings. The zero-order chi connectivity index (χ0) is 18.4. The first-order valence-corrected chi connectivity index (χ1v) is 10.1. The molecule has 0 amide bonds. The Bertz CT molecular complexity index is 871. The number of aryl methyl sites for hydroxylation is 1. The Hall–Kier alpha value is -2.21. The van der Waals surface area contributed by atoms with Crippen LogP contribution >= 0.6 is 0 Å². The van der Waals surface area contributed by atoms with Crippen LogP contribution in [0.2, 0.25) is 0 Å². The third-order valence-electron chi connectivity index (χ3n) is 4.24. The summed E-state index contributed by atoms with van der Waals surface area (Å²) in [7, 11) is -3.61. The molecule has 2 aromatic carbocycles. The van der Waals surface area contributed by atoms with E-state index in [4.69, 9.17) is 4.74 Å². The van der Waals surface area contributed by atoms with Crippen LogP contribution < -0.4 is 4.72 Å². The molecule has 0 spiro atoms. The van der Waals surface area contributed by atoms with Crippen molar-refractivity contribution >= 4 is 16.1 Å². The molecule has 0 aliphatic carbocycles. The fraction of sp³-hybridized carbons (Fsp3) is 0.238. The van der Waals surface area contributed by atoms with Crippen molar-refractivity contribution in [2.75, 3.05) is 6.61 Å². The molecule has 0 fully saturated rings. The van der Waals surface area contributed by atoms with Crippen molar-refractivity contribution in [3.8, 4) is 0 Å². The molecule has 2 atom stereocenters. The summed E-state index contributed by atoms with van der Waals surface area (Å²) in [5, 5.41) is 0. The van der Waals surface area contributed by atoms with E-state index in [-0.39, 0.29) is 17.0 Å². The highest BCUT2D eigenvalue weighted by molar-refractivity contribution is 7.89. The molecule has 1 N–H and O–H groups in total. The van der Waals surface area contributed by atoms with Crippen molar-refractivity contribution in [2.24, 2.45) is 0 Å². The van der Waals surface area contributed by atoms with E-state index in [2.05, 4.69) is 4.72 Å². The minimum Gasteiger partial charge on any atom is -0.368 e. The Morgan fingerprint density at radius 3 is 2.54 bits per heavy atom. The van der Waals surface area contributed by atoms with Crippen LogP contribution in [-0.4, -0.2) is 27.2 Å². The lowest BCUT2D eigenvalue weighted by molar-refractivity contribution is 0.103. The Morgan fingerprint density at radius 2 is 1.88 bits per heavy atom. The van der Waals surface area contributed by atoms with E-state index in [0.717, 1.165) is 11.1 Å². The molecule has 3 rings (SSSR count). The maximum atomic E-state index is 12.7. The number of sulfonamides is 1. The minimum absolute atomic E-state index is 0.266. The molecule has 1 heterocycles. The smallest absolute Gasteiger partial charge is 0.240 e. The van der Waals surface area contributed by atoms with E-state index in [1.54, 1.807) is 24.3 Å². The minimum atomic E-state index is -3.61. The lowest BCUT2D eigenvalue weighted by Crippen LogP contribution is -2.42. The molecule has 0 saturated carbocycles. The van der Waals surface area contributed by atoms with Crippen molar-refractivity contribution in [1.29, 1.82) is 0 Å². The fourth-order valence-corrected chi connectivity index (χ4v) is 4.07. The molecule has 4 nitrogen and oxygen atoms in total. The Balaban J connectivity index is 1.74.